The lowest BCUT2D eigenvalue weighted by Gasteiger charge is -2.18. The molecule has 0 aromatic heterocycles. The third-order valence-electron chi connectivity index (χ3n) is 12.1. The van der Waals surface area contributed by atoms with Crippen molar-refractivity contribution in [3.63, 3.8) is 0 Å². The number of carbonyl (C=O) groups excluding carboxylic acids is 2. The van der Waals surface area contributed by atoms with E-state index in [2.05, 4.69) is 118 Å². The van der Waals surface area contributed by atoms with Crippen LogP contribution in [0.2, 0.25) is 0 Å². The minimum atomic E-state index is -0.571. The average Bonchev–Trinajstić information content (AvgIpc) is 3.34. The highest BCUT2D eigenvalue weighted by Gasteiger charge is 2.17. The first-order chi connectivity index (χ1) is 33.6. The molecule has 0 N–H and O–H groups in total. The molecular weight excluding hydrogens is 837 g/mol. The van der Waals surface area contributed by atoms with E-state index >= 15 is 0 Å². The molecule has 68 heavy (non-hydrogen) atoms. The second-order valence-electron chi connectivity index (χ2n) is 18.8. The van der Waals surface area contributed by atoms with Crippen molar-refractivity contribution in [3.05, 3.63) is 97.2 Å². The van der Waals surface area contributed by atoms with Crippen LogP contribution in [-0.4, -0.2) is 37.9 Å². The van der Waals surface area contributed by atoms with Gasteiger partial charge in [0.25, 0.3) is 0 Å². The molecule has 0 saturated heterocycles. The maximum Gasteiger partial charge on any atom is 0.306 e. The summed E-state index contributed by atoms with van der Waals surface area (Å²) >= 11 is 0. The smallest absolute Gasteiger partial charge is 0.306 e. The van der Waals surface area contributed by atoms with Crippen molar-refractivity contribution in [1.29, 1.82) is 0 Å². The molecule has 0 aromatic rings. The summed E-state index contributed by atoms with van der Waals surface area (Å²) in [6.45, 7) is 7.59. The Hall–Kier alpha value is -3.18. The summed E-state index contributed by atoms with van der Waals surface area (Å²) < 4.78 is 17.4. The highest BCUT2D eigenvalue weighted by atomic mass is 16.6. The Morgan fingerprint density at radius 1 is 0.338 bits per heavy atom. The van der Waals surface area contributed by atoms with Crippen molar-refractivity contribution in [2.75, 3.05) is 19.8 Å². The van der Waals surface area contributed by atoms with Crippen LogP contribution in [0.25, 0.3) is 0 Å². The summed E-state index contributed by atoms with van der Waals surface area (Å²) in [6.07, 6.45) is 78.6. The first-order valence-electron chi connectivity index (χ1n) is 28.8. The largest absolute Gasteiger partial charge is 0.462 e. The molecular formula is C63H108O5. The van der Waals surface area contributed by atoms with E-state index in [-0.39, 0.29) is 25.2 Å². The number of hydrogen-bond donors (Lipinski definition) is 0. The molecule has 0 bridgehead atoms. The Balaban J connectivity index is 4.37. The van der Waals surface area contributed by atoms with E-state index in [4.69, 9.17) is 14.2 Å². The number of unbranched alkanes of at least 4 members (excludes halogenated alkanes) is 25. The van der Waals surface area contributed by atoms with Crippen molar-refractivity contribution in [2.24, 2.45) is 0 Å². The molecule has 1 atom stereocenters. The SMILES string of the molecule is CC/C=C\C/C=C\C/C=C\C/C=C\C/C=C\CCCCOCC(COC(=O)CCCCCCCCCCC/C=C\C/C=C\CCCCC)OC(=O)CCCCCCC/C=C\CCCCCCCC. The molecule has 0 aliphatic rings. The predicted octanol–water partition coefficient (Wildman–Crippen LogP) is 19.8. The Bertz CT molecular complexity index is 1300. The van der Waals surface area contributed by atoms with E-state index in [0.717, 1.165) is 103 Å². The molecule has 0 saturated carbocycles. The number of rotatable bonds is 52. The van der Waals surface area contributed by atoms with E-state index < -0.39 is 6.10 Å². The molecule has 0 fully saturated rings. The Labute approximate surface area is 422 Å². The maximum absolute atomic E-state index is 12.8. The Morgan fingerprint density at radius 3 is 1.10 bits per heavy atom. The van der Waals surface area contributed by atoms with Gasteiger partial charge in [0.15, 0.2) is 6.10 Å². The second-order valence-corrected chi connectivity index (χ2v) is 18.8. The first-order valence-corrected chi connectivity index (χ1v) is 28.8. The zero-order valence-corrected chi connectivity index (χ0v) is 44.8. The monoisotopic (exact) mass is 945 g/mol. The van der Waals surface area contributed by atoms with Gasteiger partial charge in [-0.2, -0.15) is 0 Å². The summed E-state index contributed by atoms with van der Waals surface area (Å²) in [7, 11) is 0. The van der Waals surface area contributed by atoms with Gasteiger partial charge in [0.05, 0.1) is 6.61 Å². The van der Waals surface area contributed by atoms with Gasteiger partial charge in [-0.15, -0.1) is 0 Å². The van der Waals surface area contributed by atoms with Gasteiger partial charge in [-0.25, -0.2) is 0 Å². The lowest BCUT2D eigenvalue weighted by atomic mass is 10.1. The molecule has 5 nitrogen and oxygen atoms in total. The van der Waals surface area contributed by atoms with Crippen LogP contribution < -0.4 is 0 Å². The molecule has 0 heterocycles. The van der Waals surface area contributed by atoms with Gasteiger partial charge in [0, 0.05) is 19.4 Å². The summed E-state index contributed by atoms with van der Waals surface area (Å²) in [5, 5.41) is 0. The number of hydrogen-bond acceptors (Lipinski definition) is 5. The van der Waals surface area contributed by atoms with E-state index in [9.17, 15) is 9.59 Å². The molecule has 0 rings (SSSR count). The van der Waals surface area contributed by atoms with Crippen LogP contribution in [0.5, 0.6) is 0 Å². The van der Waals surface area contributed by atoms with Gasteiger partial charge in [-0.3, -0.25) is 9.59 Å². The van der Waals surface area contributed by atoms with Crippen molar-refractivity contribution in [3.8, 4) is 0 Å². The predicted molar refractivity (Wildman–Crippen MR) is 297 cm³/mol. The van der Waals surface area contributed by atoms with Crippen molar-refractivity contribution >= 4 is 11.9 Å². The zero-order chi connectivity index (χ0) is 49.2. The van der Waals surface area contributed by atoms with Crippen molar-refractivity contribution in [1.82, 2.24) is 0 Å². The minimum Gasteiger partial charge on any atom is -0.462 e. The molecule has 390 valence electrons. The van der Waals surface area contributed by atoms with Crippen LogP contribution >= 0.6 is 0 Å². The first kappa shape index (κ1) is 64.8. The lowest BCUT2D eigenvalue weighted by molar-refractivity contribution is -0.163. The Morgan fingerprint density at radius 2 is 0.662 bits per heavy atom. The highest BCUT2D eigenvalue weighted by molar-refractivity contribution is 5.70. The average molecular weight is 946 g/mol. The molecule has 0 amide bonds. The van der Waals surface area contributed by atoms with Gasteiger partial charge in [0.2, 0.25) is 0 Å². The van der Waals surface area contributed by atoms with Gasteiger partial charge in [-0.1, -0.05) is 227 Å². The molecule has 0 radical (unpaired) electrons. The number of esters is 2. The van der Waals surface area contributed by atoms with Crippen LogP contribution in [-0.2, 0) is 23.8 Å². The van der Waals surface area contributed by atoms with E-state index in [1.54, 1.807) is 0 Å². The van der Waals surface area contributed by atoms with Gasteiger partial charge >= 0.3 is 11.9 Å². The molecule has 0 spiro atoms. The summed E-state index contributed by atoms with van der Waals surface area (Å²) in [5.74, 6) is -0.434. The van der Waals surface area contributed by atoms with Gasteiger partial charge in [0.1, 0.15) is 6.61 Å². The van der Waals surface area contributed by atoms with E-state index in [0.29, 0.717) is 19.4 Å². The van der Waals surface area contributed by atoms with Crippen molar-refractivity contribution < 1.29 is 23.8 Å². The number of carbonyl (C=O) groups is 2. The fraction of sp³-hybridized carbons (Fsp3) is 0.714. The Kier molecular flexibility index (Phi) is 55.4. The van der Waals surface area contributed by atoms with Crippen LogP contribution in [0.15, 0.2) is 97.2 Å². The standard InChI is InChI=1S/C63H108O5/c1-4-7-10-13-16-19-22-25-28-30-32-33-36-38-41-44-47-50-53-56-62(64)67-60-61(68-63(65)57-54-51-48-45-42-39-35-27-24-21-18-15-12-9-6-3)59-66-58-55-52-49-46-43-40-37-34-31-29-26-23-20-17-14-11-8-5-2/h8,11,16-17,19-20,25-29,34-35,37,43,46,61H,4-7,9-10,12-15,18,21-24,30-33,36,38-42,44-45,47-60H2,1-3H3/b11-8-,19-16-,20-17-,28-25-,29-26-,35-27-,37-34-,46-43-. The minimum absolute atomic E-state index is 0.0585. The maximum atomic E-state index is 12.8. The van der Waals surface area contributed by atoms with Gasteiger partial charge < -0.3 is 14.2 Å². The fourth-order valence-electron chi connectivity index (χ4n) is 7.80. The van der Waals surface area contributed by atoms with Crippen molar-refractivity contribution in [2.45, 2.75) is 271 Å². The lowest BCUT2D eigenvalue weighted by Crippen LogP contribution is -2.30. The molecule has 5 heteroatoms. The third-order valence-corrected chi connectivity index (χ3v) is 12.1. The summed E-state index contributed by atoms with van der Waals surface area (Å²) in [6, 6.07) is 0. The van der Waals surface area contributed by atoms with Crippen LogP contribution in [0.1, 0.15) is 265 Å². The summed E-state index contributed by atoms with van der Waals surface area (Å²) in [5.41, 5.74) is 0. The molecule has 1 unspecified atom stereocenters. The van der Waals surface area contributed by atoms with Crippen LogP contribution in [0.3, 0.4) is 0 Å². The van der Waals surface area contributed by atoms with E-state index in [1.165, 1.54) is 128 Å². The number of ether oxygens (including phenoxy) is 3. The number of allylic oxidation sites excluding steroid dienone is 16. The normalized spacial score (nSPS) is 12.9. The zero-order valence-electron chi connectivity index (χ0n) is 44.8. The fourth-order valence-corrected chi connectivity index (χ4v) is 7.80. The van der Waals surface area contributed by atoms with Gasteiger partial charge in [-0.05, 0) is 122 Å². The topological polar surface area (TPSA) is 61.8 Å². The summed E-state index contributed by atoms with van der Waals surface area (Å²) in [4.78, 5) is 25.5. The van der Waals surface area contributed by atoms with Crippen LogP contribution in [0.4, 0.5) is 0 Å². The highest BCUT2D eigenvalue weighted by Crippen LogP contribution is 2.14. The molecule has 0 aliphatic heterocycles. The van der Waals surface area contributed by atoms with Crippen LogP contribution in [0, 0.1) is 0 Å². The second kappa shape index (κ2) is 58.1. The quantitative estimate of drug-likeness (QED) is 0.0345. The third kappa shape index (κ3) is 55.4. The van der Waals surface area contributed by atoms with E-state index in [1.807, 2.05) is 0 Å². The molecule has 0 aliphatic carbocycles. The molecule has 0 aromatic carbocycles.